The van der Waals surface area contributed by atoms with Gasteiger partial charge in [-0.25, -0.2) is 15.0 Å². The highest BCUT2D eigenvalue weighted by molar-refractivity contribution is 7.99. The van der Waals surface area contributed by atoms with Gasteiger partial charge in [0, 0.05) is 17.2 Å². The van der Waals surface area contributed by atoms with E-state index in [4.69, 9.17) is 5.73 Å². The molecule has 25 heavy (non-hydrogen) atoms. The molecular weight excluding hydrogens is 342 g/mol. The Morgan fingerprint density at radius 1 is 1.28 bits per heavy atom. The summed E-state index contributed by atoms with van der Waals surface area (Å²) in [5.74, 6) is 0.755. The third kappa shape index (κ3) is 2.46. The van der Waals surface area contributed by atoms with Crippen LogP contribution in [-0.4, -0.2) is 47.2 Å². The van der Waals surface area contributed by atoms with E-state index in [0.29, 0.717) is 33.4 Å². The molecule has 0 saturated heterocycles. The zero-order valence-electron chi connectivity index (χ0n) is 13.7. The first-order valence-corrected chi connectivity index (χ1v) is 9.15. The molecule has 0 bridgehead atoms. The molecule has 0 aromatic carbocycles. The number of imidazole rings is 1. The van der Waals surface area contributed by atoms with Crippen LogP contribution in [0, 0.1) is 11.8 Å². The first kappa shape index (κ1) is 16.2. The molecule has 2 aliphatic rings. The van der Waals surface area contributed by atoms with Crippen molar-refractivity contribution in [2.45, 2.75) is 24.9 Å². The van der Waals surface area contributed by atoms with Crippen LogP contribution in [0.4, 0.5) is 5.82 Å². The van der Waals surface area contributed by atoms with Crippen LogP contribution in [0.25, 0.3) is 16.9 Å². The van der Waals surface area contributed by atoms with Crippen molar-refractivity contribution in [3.63, 3.8) is 0 Å². The van der Waals surface area contributed by atoms with Crippen molar-refractivity contribution in [3.8, 4) is 0 Å². The fourth-order valence-electron chi connectivity index (χ4n) is 3.33. The predicted molar refractivity (Wildman–Crippen MR) is 94.9 cm³/mol. The standard InChI is InChI=1S/C16H19N5O3S/c1-2-3-25-16-19-14(17)10-15(20-16)21(6-18-10)11-8-4-7(8)9(5-22)12(23)13(11)24/h6-8,22-24H,2-5H2,1H3,(H2,17,19,20)/t7?,8-/m1/s1. The molecule has 0 spiro atoms. The van der Waals surface area contributed by atoms with Gasteiger partial charge in [-0.2, -0.15) is 0 Å². The number of allylic oxidation sites excluding steroid dienone is 1. The molecule has 0 amide bonds. The number of aliphatic hydroxyl groups excluding tert-OH is 3. The Bertz CT molecular complexity index is 920. The zero-order chi connectivity index (χ0) is 17.7. The minimum absolute atomic E-state index is 0.0263. The predicted octanol–water partition coefficient (Wildman–Crippen LogP) is 2.09. The lowest BCUT2D eigenvalue weighted by molar-refractivity contribution is 0.280. The van der Waals surface area contributed by atoms with E-state index in [-0.39, 0.29) is 30.0 Å². The maximum absolute atomic E-state index is 10.5. The van der Waals surface area contributed by atoms with Gasteiger partial charge in [0.15, 0.2) is 33.7 Å². The van der Waals surface area contributed by atoms with Gasteiger partial charge < -0.3 is 21.1 Å². The summed E-state index contributed by atoms with van der Waals surface area (Å²) in [4.78, 5) is 13.1. The molecule has 1 unspecified atom stereocenters. The summed E-state index contributed by atoms with van der Waals surface area (Å²) in [6.07, 6.45) is 3.29. The van der Waals surface area contributed by atoms with E-state index in [2.05, 4.69) is 21.9 Å². The van der Waals surface area contributed by atoms with Crippen LogP contribution in [0.2, 0.25) is 0 Å². The third-order valence-electron chi connectivity index (χ3n) is 4.63. The van der Waals surface area contributed by atoms with Crippen molar-refractivity contribution in [2.75, 3.05) is 18.1 Å². The van der Waals surface area contributed by atoms with Crippen LogP contribution < -0.4 is 5.73 Å². The summed E-state index contributed by atoms with van der Waals surface area (Å²) in [6.45, 7) is 1.81. The van der Waals surface area contributed by atoms with Gasteiger partial charge in [0.1, 0.15) is 6.33 Å². The Balaban J connectivity index is 1.86. The summed E-state index contributed by atoms with van der Waals surface area (Å²) in [5, 5.41) is 30.7. The highest BCUT2D eigenvalue weighted by Crippen LogP contribution is 2.55. The van der Waals surface area contributed by atoms with Crippen LogP contribution in [0.3, 0.4) is 0 Å². The molecule has 1 fully saturated rings. The average Bonchev–Trinajstić information content (AvgIpc) is 3.25. The van der Waals surface area contributed by atoms with Crippen molar-refractivity contribution in [1.29, 1.82) is 0 Å². The first-order chi connectivity index (χ1) is 12.1. The van der Waals surface area contributed by atoms with Gasteiger partial charge in [-0.05, 0) is 18.8 Å². The zero-order valence-corrected chi connectivity index (χ0v) is 14.5. The number of nitrogens with zero attached hydrogens (tertiary/aromatic N) is 4. The van der Waals surface area contributed by atoms with E-state index in [9.17, 15) is 15.3 Å². The molecule has 2 heterocycles. The van der Waals surface area contributed by atoms with E-state index < -0.39 is 0 Å². The van der Waals surface area contributed by atoms with E-state index in [1.165, 1.54) is 11.8 Å². The van der Waals surface area contributed by atoms with Crippen molar-refractivity contribution in [1.82, 2.24) is 19.5 Å². The van der Waals surface area contributed by atoms with Gasteiger partial charge in [-0.15, -0.1) is 0 Å². The number of rotatable bonds is 5. The molecule has 2 aliphatic carbocycles. The van der Waals surface area contributed by atoms with Gasteiger partial charge in [-0.3, -0.25) is 4.57 Å². The largest absolute Gasteiger partial charge is 0.504 e. The second-order valence-corrected chi connectivity index (χ2v) is 7.30. The summed E-state index contributed by atoms with van der Waals surface area (Å²) < 4.78 is 1.67. The van der Waals surface area contributed by atoms with E-state index in [1.54, 1.807) is 10.9 Å². The maximum atomic E-state index is 10.5. The molecule has 5 N–H and O–H groups in total. The number of nitrogens with two attached hydrogens (primary N) is 1. The number of nitrogen functional groups attached to an aromatic ring is 1. The summed E-state index contributed by atoms with van der Waals surface area (Å²) in [7, 11) is 0. The molecule has 2 aromatic heterocycles. The smallest absolute Gasteiger partial charge is 0.191 e. The Hall–Kier alpha value is -2.26. The Morgan fingerprint density at radius 2 is 2.08 bits per heavy atom. The van der Waals surface area contributed by atoms with Gasteiger partial charge in [0.05, 0.1) is 12.3 Å². The van der Waals surface area contributed by atoms with Crippen molar-refractivity contribution < 1.29 is 15.3 Å². The second kappa shape index (κ2) is 5.92. The lowest BCUT2D eigenvalue weighted by atomic mass is 10.00. The van der Waals surface area contributed by atoms with E-state index >= 15 is 0 Å². The average molecular weight is 361 g/mol. The van der Waals surface area contributed by atoms with Crippen molar-refractivity contribution in [3.05, 3.63) is 23.4 Å². The van der Waals surface area contributed by atoms with Gasteiger partial charge in [0.2, 0.25) is 0 Å². The highest BCUT2D eigenvalue weighted by Gasteiger charge is 2.50. The van der Waals surface area contributed by atoms with E-state index in [0.717, 1.165) is 18.6 Å². The van der Waals surface area contributed by atoms with Crippen LogP contribution in [0.5, 0.6) is 0 Å². The number of hydrogen-bond acceptors (Lipinski definition) is 8. The fraction of sp³-hybridized carbons (Fsp3) is 0.438. The molecule has 0 radical (unpaired) electrons. The van der Waals surface area contributed by atoms with Gasteiger partial charge in [-0.1, -0.05) is 18.7 Å². The lowest BCUT2D eigenvalue weighted by Crippen LogP contribution is -2.14. The lowest BCUT2D eigenvalue weighted by Gasteiger charge is -2.19. The van der Waals surface area contributed by atoms with Crippen LogP contribution in [-0.2, 0) is 0 Å². The number of aliphatic hydroxyl groups is 3. The molecule has 2 atom stereocenters. The minimum Gasteiger partial charge on any atom is -0.504 e. The number of fused-ring (bicyclic) bond motifs is 2. The fourth-order valence-corrected chi connectivity index (χ4v) is 4.03. The molecule has 8 nitrogen and oxygen atoms in total. The normalized spacial score (nSPS) is 22.6. The van der Waals surface area contributed by atoms with Gasteiger partial charge >= 0.3 is 0 Å². The molecular formula is C16H19N5O3S. The number of hydrogen-bond donors (Lipinski definition) is 4. The molecule has 4 rings (SSSR count). The Kier molecular flexibility index (Phi) is 3.84. The topological polar surface area (TPSA) is 130 Å². The SMILES string of the molecule is CCCSc1nc(N)c2ncn(C3=C(O)C(O)=C(CO)C4C[C@@H]34)c2n1. The molecule has 9 heteroatoms. The monoisotopic (exact) mass is 361 g/mol. The third-order valence-corrected chi connectivity index (χ3v) is 5.68. The summed E-state index contributed by atoms with van der Waals surface area (Å²) in [5.41, 5.74) is 8.03. The molecule has 2 aromatic rings. The maximum Gasteiger partial charge on any atom is 0.191 e. The van der Waals surface area contributed by atoms with Crippen LogP contribution >= 0.6 is 11.8 Å². The molecule has 1 saturated carbocycles. The number of thioether (sulfide) groups is 1. The second-order valence-electron chi connectivity index (χ2n) is 6.24. The quantitative estimate of drug-likeness (QED) is 0.470. The Labute approximate surface area is 148 Å². The van der Waals surface area contributed by atoms with Crippen LogP contribution in [0.1, 0.15) is 19.8 Å². The highest BCUT2D eigenvalue weighted by atomic mass is 32.2. The minimum atomic E-state index is -0.262. The van der Waals surface area contributed by atoms with Crippen molar-refractivity contribution in [2.24, 2.45) is 11.8 Å². The summed E-state index contributed by atoms with van der Waals surface area (Å²) in [6, 6.07) is 0. The molecule has 132 valence electrons. The van der Waals surface area contributed by atoms with Gasteiger partial charge in [0.25, 0.3) is 0 Å². The van der Waals surface area contributed by atoms with Crippen molar-refractivity contribution >= 4 is 34.4 Å². The Morgan fingerprint density at radius 3 is 2.80 bits per heavy atom. The number of anilines is 1. The van der Waals surface area contributed by atoms with Crippen LogP contribution in [0.15, 0.2) is 28.6 Å². The number of aromatic nitrogens is 4. The first-order valence-electron chi connectivity index (χ1n) is 8.16. The molecule has 0 aliphatic heterocycles. The summed E-state index contributed by atoms with van der Waals surface area (Å²) >= 11 is 1.51. The van der Waals surface area contributed by atoms with E-state index in [1.807, 2.05) is 0 Å².